The molecule has 2 heterocycles. The second-order valence-electron chi connectivity index (χ2n) is 7.91. The summed E-state index contributed by atoms with van der Waals surface area (Å²) in [6, 6.07) is 20.9. The van der Waals surface area contributed by atoms with Gasteiger partial charge >= 0.3 is 0 Å². The van der Waals surface area contributed by atoms with Crippen LogP contribution < -0.4 is 5.56 Å². The molecule has 1 saturated heterocycles. The van der Waals surface area contributed by atoms with E-state index in [0.29, 0.717) is 35.4 Å². The van der Waals surface area contributed by atoms with Gasteiger partial charge in [0.25, 0.3) is 11.5 Å². The molecule has 31 heavy (non-hydrogen) atoms. The van der Waals surface area contributed by atoms with E-state index in [4.69, 9.17) is 4.74 Å². The largest absolute Gasteiger partial charge is 0.376 e. The summed E-state index contributed by atoms with van der Waals surface area (Å²) in [5.41, 5.74) is 1.03. The molecule has 6 heteroatoms. The van der Waals surface area contributed by atoms with Crippen LogP contribution in [0.4, 0.5) is 0 Å². The first kappa shape index (κ1) is 19.5. The Hall–Kier alpha value is -3.51. The number of H-pyrrole nitrogens is 1. The molecule has 0 bridgehead atoms. The van der Waals surface area contributed by atoms with Crippen LogP contribution in [-0.2, 0) is 11.3 Å². The molecule has 156 valence electrons. The van der Waals surface area contributed by atoms with Gasteiger partial charge in [-0.05, 0) is 47.9 Å². The maximum atomic E-state index is 13.5. The van der Waals surface area contributed by atoms with Crippen LogP contribution in [0.5, 0.6) is 0 Å². The normalized spacial score (nSPS) is 16.1. The number of carbonyl (C=O) groups is 1. The van der Waals surface area contributed by atoms with Gasteiger partial charge in [-0.2, -0.15) is 0 Å². The highest BCUT2D eigenvalue weighted by Crippen LogP contribution is 2.20. The predicted molar refractivity (Wildman–Crippen MR) is 120 cm³/mol. The maximum absolute atomic E-state index is 13.5. The van der Waals surface area contributed by atoms with Crippen molar-refractivity contribution >= 4 is 27.6 Å². The summed E-state index contributed by atoms with van der Waals surface area (Å²) in [5, 5.41) is 2.64. The summed E-state index contributed by atoms with van der Waals surface area (Å²) in [6.07, 6.45) is 1.91. The summed E-state index contributed by atoms with van der Waals surface area (Å²) in [4.78, 5) is 35.1. The molecule has 0 spiro atoms. The van der Waals surface area contributed by atoms with Gasteiger partial charge in [0.05, 0.1) is 23.6 Å². The molecule has 5 rings (SSSR count). The number of nitrogens with one attached hydrogen (secondary N) is 1. The lowest BCUT2D eigenvalue weighted by Crippen LogP contribution is -2.37. The smallest absolute Gasteiger partial charge is 0.258 e. The summed E-state index contributed by atoms with van der Waals surface area (Å²) in [6.45, 7) is 1.39. The van der Waals surface area contributed by atoms with Gasteiger partial charge in [-0.3, -0.25) is 9.59 Å². The monoisotopic (exact) mass is 413 g/mol. The van der Waals surface area contributed by atoms with Gasteiger partial charge in [-0.25, -0.2) is 4.98 Å². The van der Waals surface area contributed by atoms with E-state index in [-0.39, 0.29) is 24.1 Å². The third kappa shape index (κ3) is 4.07. The number of amides is 1. The Morgan fingerprint density at radius 3 is 2.71 bits per heavy atom. The zero-order valence-electron chi connectivity index (χ0n) is 17.1. The van der Waals surface area contributed by atoms with Gasteiger partial charge in [-0.15, -0.1) is 0 Å². The second-order valence-corrected chi connectivity index (χ2v) is 7.91. The molecule has 0 aliphatic carbocycles. The molecule has 3 aromatic carbocycles. The molecular weight excluding hydrogens is 390 g/mol. The van der Waals surface area contributed by atoms with Crippen LogP contribution in [0.2, 0.25) is 0 Å². The molecule has 0 radical (unpaired) electrons. The van der Waals surface area contributed by atoms with Crippen molar-refractivity contribution in [3.8, 4) is 0 Å². The Bertz CT molecular complexity index is 1310. The van der Waals surface area contributed by atoms with Gasteiger partial charge in [0.15, 0.2) is 0 Å². The lowest BCUT2D eigenvalue weighted by Gasteiger charge is -2.25. The lowest BCUT2D eigenvalue weighted by molar-refractivity contribution is 0.0501. The topological polar surface area (TPSA) is 75.3 Å². The van der Waals surface area contributed by atoms with Crippen molar-refractivity contribution in [3.63, 3.8) is 0 Å². The molecule has 1 fully saturated rings. The van der Waals surface area contributed by atoms with Crippen LogP contribution in [0.15, 0.2) is 71.5 Å². The van der Waals surface area contributed by atoms with Crippen LogP contribution >= 0.6 is 0 Å². The minimum Gasteiger partial charge on any atom is -0.376 e. The van der Waals surface area contributed by atoms with Crippen LogP contribution in [0.25, 0.3) is 21.7 Å². The highest BCUT2D eigenvalue weighted by molar-refractivity contribution is 5.98. The third-order valence-corrected chi connectivity index (χ3v) is 5.73. The van der Waals surface area contributed by atoms with E-state index in [9.17, 15) is 9.59 Å². The van der Waals surface area contributed by atoms with E-state index in [2.05, 4.69) is 9.97 Å². The number of hydrogen-bond donors (Lipinski definition) is 1. The number of carbonyl (C=O) groups excluding carboxylic acids is 1. The Morgan fingerprint density at radius 1 is 1.06 bits per heavy atom. The van der Waals surface area contributed by atoms with Crippen LogP contribution in [0, 0.1) is 0 Å². The van der Waals surface area contributed by atoms with Crippen molar-refractivity contribution in [2.24, 2.45) is 0 Å². The lowest BCUT2D eigenvalue weighted by atomic mass is 10.1. The minimum atomic E-state index is -0.198. The molecule has 1 amide bonds. The molecule has 6 nitrogen and oxygen atoms in total. The number of hydrogen-bond acceptors (Lipinski definition) is 4. The number of aromatic amines is 1. The minimum absolute atomic E-state index is 0.00316. The standard InChI is InChI=1S/C25H23N3O3/c29-24-21-9-3-4-10-22(21)26-23(27-24)16-28(15-20-8-5-13-31-20)25(30)19-12-11-17-6-1-2-7-18(17)14-19/h1-4,6-7,9-12,14,20H,5,8,13,15-16H2,(H,26,27,29)/t20-/m0/s1. The number of nitrogens with zero attached hydrogens (tertiary/aromatic N) is 2. The molecular formula is C25H23N3O3. The van der Waals surface area contributed by atoms with E-state index in [1.165, 1.54) is 0 Å². The molecule has 1 aromatic heterocycles. The Balaban J connectivity index is 1.48. The summed E-state index contributed by atoms with van der Waals surface area (Å²) >= 11 is 0. The quantitative estimate of drug-likeness (QED) is 0.539. The molecule has 1 N–H and O–H groups in total. The summed E-state index contributed by atoms with van der Waals surface area (Å²) < 4.78 is 5.79. The first-order chi connectivity index (χ1) is 15.2. The molecule has 0 unspecified atom stereocenters. The van der Waals surface area contributed by atoms with E-state index >= 15 is 0 Å². The van der Waals surface area contributed by atoms with Crippen molar-refractivity contribution in [2.45, 2.75) is 25.5 Å². The highest BCUT2D eigenvalue weighted by Gasteiger charge is 2.24. The molecule has 4 aromatic rings. The fourth-order valence-corrected chi connectivity index (χ4v) is 4.15. The number of aromatic nitrogens is 2. The molecule has 1 aliphatic heterocycles. The van der Waals surface area contributed by atoms with E-state index in [1.807, 2.05) is 60.7 Å². The summed E-state index contributed by atoms with van der Waals surface area (Å²) in [7, 11) is 0. The first-order valence-electron chi connectivity index (χ1n) is 10.5. The number of benzene rings is 3. The average Bonchev–Trinajstić information content (AvgIpc) is 3.31. The fraction of sp³-hybridized carbons (Fsp3) is 0.240. The third-order valence-electron chi connectivity index (χ3n) is 5.73. The number of ether oxygens (including phenoxy) is 1. The van der Waals surface area contributed by atoms with Crippen LogP contribution in [0.1, 0.15) is 29.0 Å². The molecule has 1 aliphatic rings. The van der Waals surface area contributed by atoms with E-state index < -0.39 is 0 Å². The van der Waals surface area contributed by atoms with Gasteiger partial charge in [0.2, 0.25) is 0 Å². The fourth-order valence-electron chi connectivity index (χ4n) is 4.15. The Labute approximate surface area is 179 Å². The first-order valence-corrected chi connectivity index (χ1v) is 10.5. The van der Waals surface area contributed by atoms with Crippen molar-refractivity contribution in [1.29, 1.82) is 0 Å². The summed E-state index contributed by atoms with van der Waals surface area (Å²) in [5.74, 6) is 0.368. The number of fused-ring (bicyclic) bond motifs is 2. The highest BCUT2D eigenvalue weighted by atomic mass is 16.5. The molecule has 0 saturated carbocycles. The average molecular weight is 413 g/mol. The predicted octanol–water partition coefficient (Wildman–Crippen LogP) is 3.90. The Kier molecular flexibility index (Phi) is 5.22. The molecule has 1 atom stereocenters. The van der Waals surface area contributed by atoms with Gasteiger partial charge < -0.3 is 14.6 Å². The van der Waals surface area contributed by atoms with Crippen LogP contribution in [-0.4, -0.2) is 40.0 Å². The zero-order chi connectivity index (χ0) is 21.2. The zero-order valence-corrected chi connectivity index (χ0v) is 17.1. The van der Waals surface area contributed by atoms with Crippen molar-refractivity contribution < 1.29 is 9.53 Å². The van der Waals surface area contributed by atoms with Gasteiger partial charge in [-0.1, -0.05) is 42.5 Å². The number of para-hydroxylation sites is 1. The van der Waals surface area contributed by atoms with E-state index in [0.717, 1.165) is 23.6 Å². The SMILES string of the molecule is O=C(c1ccc2ccccc2c1)N(Cc1nc2ccccc2c(=O)[nH]1)C[C@@H]1CCCO1. The maximum Gasteiger partial charge on any atom is 0.258 e. The van der Waals surface area contributed by atoms with E-state index in [1.54, 1.807) is 11.0 Å². The van der Waals surface area contributed by atoms with Gasteiger partial charge in [0.1, 0.15) is 5.82 Å². The van der Waals surface area contributed by atoms with Crippen molar-refractivity contribution in [2.75, 3.05) is 13.2 Å². The van der Waals surface area contributed by atoms with Crippen molar-refractivity contribution in [3.05, 3.63) is 88.5 Å². The van der Waals surface area contributed by atoms with Crippen LogP contribution in [0.3, 0.4) is 0 Å². The Morgan fingerprint density at radius 2 is 1.87 bits per heavy atom. The number of rotatable bonds is 5. The van der Waals surface area contributed by atoms with Crippen molar-refractivity contribution in [1.82, 2.24) is 14.9 Å². The second kappa shape index (κ2) is 8.32. The van der Waals surface area contributed by atoms with Gasteiger partial charge in [0, 0.05) is 18.7 Å².